The maximum absolute atomic E-state index is 11.9. The van der Waals surface area contributed by atoms with Gasteiger partial charge >= 0.3 is 0 Å². The Morgan fingerprint density at radius 1 is 1.56 bits per heavy atom. The molecule has 5 nitrogen and oxygen atoms in total. The minimum atomic E-state index is -0.224. The quantitative estimate of drug-likeness (QED) is 0.856. The summed E-state index contributed by atoms with van der Waals surface area (Å²) in [6, 6.07) is 1.70. The summed E-state index contributed by atoms with van der Waals surface area (Å²) < 4.78 is 6.92. The van der Waals surface area contributed by atoms with Crippen molar-refractivity contribution in [3.63, 3.8) is 0 Å². The molecule has 2 rings (SSSR count). The average molecular weight is 251 g/mol. The number of nitrogens with one attached hydrogen (secondary N) is 1. The molecule has 18 heavy (non-hydrogen) atoms. The van der Waals surface area contributed by atoms with E-state index in [2.05, 4.69) is 10.4 Å². The Labute approximate surface area is 107 Å². The topological polar surface area (TPSA) is 56.2 Å². The van der Waals surface area contributed by atoms with Gasteiger partial charge < -0.3 is 10.1 Å². The standard InChI is InChI=1S/C13H21N3O2/c1-13(2,18-3)5-7-16-12(17)8-10-9-14-6-4-11(10)15-16/h8,14H,4-7,9H2,1-3H3. The highest BCUT2D eigenvalue weighted by Gasteiger charge is 2.18. The third-order valence-corrected chi connectivity index (χ3v) is 3.50. The molecular formula is C13H21N3O2. The van der Waals surface area contributed by atoms with Crippen LogP contribution in [0.2, 0.25) is 0 Å². The van der Waals surface area contributed by atoms with Gasteiger partial charge in [-0.05, 0) is 25.8 Å². The largest absolute Gasteiger partial charge is 0.379 e. The molecule has 5 heteroatoms. The molecule has 100 valence electrons. The predicted octanol–water partition coefficient (Wildman–Crippen LogP) is 0.704. The lowest BCUT2D eigenvalue weighted by atomic mass is 10.1. The summed E-state index contributed by atoms with van der Waals surface area (Å²) in [5.74, 6) is 0. The van der Waals surface area contributed by atoms with Gasteiger partial charge in [0.05, 0.1) is 11.3 Å². The number of methoxy groups -OCH3 is 1. The molecule has 0 atom stereocenters. The van der Waals surface area contributed by atoms with E-state index in [9.17, 15) is 4.79 Å². The summed E-state index contributed by atoms with van der Waals surface area (Å²) in [6.45, 7) is 6.31. The summed E-state index contributed by atoms with van der Waals surface area (Å²) >= 11 is 0. The summed E-state index contributed by atoms with van der Waals surface area (Å²) in [6.07, 6.45) is 1.66. The van der Waals surface area contributed by atoms with Crippen molar-refractivity contribution in [2.45, 2.75) is 45.4 Å². The number of aryl methyl sites for hydroxylation is 1. The number of fused-ring (bicyclic) bond motifs is 1. The van der Waals surface area contributed by atoms with Crippen LogP contribution >= 0.6 is 0 Å². The van der Waals surface area contributed by atoms with Crippen LogP contribution in [-0.4, -0.2) is 29.0 Å². The Bertz CT molecular complexity index is 480. The lowest BCUT2D eigenvalue weighted by Crippen LogP contribution is -2.33. The molecule has 0 aliphatic carbocycles. The second kappa shape index (κ2) is 5.20. The van der Waals surface area contributed by atoms with E-state index in [1.165, 1.54) is 0 Å². The normalized spacial score (nSPS) is 15.5. The molecule has 1 aliphatic heterocycles. The molecule has 2 heterocycles. The van der Waals surface area contributed by atoms with Crippen molar-refractivity contribution in [1.82, 2.24) is 15.1 Å². The van der Waals surface area contributed by atoms with E-state index >= 15 is 0 Å². The first-order valence-corrected chi connectivity index (χ1v) is 6.38. The van der Waals surface area contributed by atoms with Crippen LogP contribution in [0.15, 0.2) is 10.9 Å². The maximum Gasteiger partial charge on any atom is 0.267 e. The first kappa shape index (κ1) is 13.2. The van der Waals surface area contributed by atoms with E-state index in [1.54, 1.807) is 17.9 Å². The molecule has 0 saturated heterocycles. The Hall–Kier alpha value is -1.20. The van der Waals surface area contributed by atoms with E-state index in [1.807, 2.05) is 13.8 Å². The van der Waals surface area contributed by atoms with Crippen LogP contribution in [0, 0.1) is 0 Å². The molecule has 1 aliphatic rings. The van der Waals surface area contributed by atoms with Gasteiger partial charge in [0.1, 0.15) is 0 Å². The monoisotopic (exact) mass is 251 g/mol. The first-order chi connectivity index (χ1) is 8.52. The Kier molecular flexibility index (Phi) is 3.82. The zero-order valence-electron chi connectivity index (χ0n) is 11.3. The lowest BCUT2D eigenvalue weighted by Gasteiger charge is -2.23. The highest BCUT2D eigenvalue weighted by molar-refractivity contribution is 5.20. The third-order valence-electron chi connectivity index (χ3n) is 3.50. The fourth-order valence-corrected chi connectivity index (χ4v) is 2.00. The third kappa shape index (κ3) is 2.97. The minimum absolute atomic E-state index is 0.0237. The molecule has 1 N–H and O–H groups in total. The van der Waals surface area contributed by atoms with Crippen LogP contribution < -0.4 is 10.9 Å². The molecule has 0 aromatic carbocycles. The highest BCUT2D eigenvalue weighted by Crippen LogP contribution is 2.14. The second-order valence-corrected chi connectivity index (χ2v) is 5.32. The molecular weight excluding hydrogens is 230 g/mol. The van der Waals surface area contributed by atoms with Crippen molar-refractivity contribution in [1.29, 1.82) is 0 Å². The van der Waals surface area contributed by atoms with Crippen molar-refractivity contribution in [3.05, 3.63) is 27.7 Å². The van der Waals surface area contributed by atoms with E-state index < -0.39 is 0 Å². The number of hydrogen-bond donors (Lipinski definition) is 1. The van der Waals surface area contributed by atoms with Gasteiger partial charge in [-0.25, -0.2) is 4.68 Å². The van der Waals surface area contributed by atoms with Gasteiger partial charge in [0, 0.05) is 39.2 Å². The molecule has 0 saturated carbocycles. The zero-order valence-corrected chi connectivity index (χ0v) is 11.3. The zero-order chi connectivity index (χ0) is 13.2. The van der Waals surface area contributed by atoms with Crippen LogP contribution in [0.4, 0.5) is 0 Å². The summed E-state index contributed by atoms with van der Waals surface area (Å²) in [5, 5.41) is 7.70. The van der Waals surface area contributed by atoms with Crippen molar-refractivity contribution >= 4 is 0 Å². The molecule has 0 fully saturated rings. The van der Waals surface area contributed by atoms with Gasteiger partial charge in [-0.2, -0.15) is 5.10 Å². The van der Waals surface area contributed by atoms with E-state index in [0.29, 0.717) is 6.54 Å². The predicted molar refractivity (Wildman–Crippen MR) is 69.6 cm³/mol. The van der Waals surface area contributed by atoms with Crippen molar-refractivity contribution in [3.8, 4) is 0 Å². The maximum atomic E-state index is 11.9. The lowest BCUT2D eigenvalue weighted by molar-refractivity contribution is 0.0109. The van der Waals surface area contributed by atoms with Crippen LogP contribution in [0.25, 0.3) is 0 Å². The number of aromatic nitrogens is 2. The fourth-order valence-electron chi connectivity index (χ4n) is 2.00. The highest BCUT2D eigenvalue weighted by atomic mass is 16.5. The van der Waals surface area contributed by atoms with Crippen LogP contribution in [0.1, 0.15) is 31.5 Å². The van der Waals surface area contributed by atoms with E-state index in [-0.39, 0.29) is 11.2 Å². The molecule has 1 aromatic rings. The van der Waals surface area contributed by atoms with Gasteiger partial charge in [-0.3, -0.25) is 4.79 Å². The number of ether oxygens (including phenoxy) is 1. The fraction of sp³-hybridized carbons (Fsp3) is 0.692. The van der Waals surface area contributed by atoms with Crippen molar-refractivity contribution in [2.24, 2.45) is 0 Å². The molecule has 0 unspecified atom stereocenters. The van der Waals surface area contributed by atoms with Crippen LogP contribution in [0.3, 0.4) is 0 Å². The molecule has 0 amide bonds. The summed E-state index contributed by atoms with van der Waals surface area (Å²) in [7, 11) is 1.69. The number of nitrogens with zero attached hydrogens (tertiary/aromatic N) is 2. The average Bonchev–Trinajstić information content (AvgIpc) is 2.36. The number of rotatable bonds is 4. The smallest absolute Gasteiger partial charge is 0.267 e. The van der Waals surface area contributed by atoms with E-state index in [4.69, 9.17) is 4.74 Å². The van der Waals surface area contributed by atoms with Gasteiger partial charge in [0.15, 0.2) is 0 Å². The van der Waals surface area contributed by atoms with Gasteiger partial charge in [0.2, 0.25) is 0 Å². The Balaban J connectivity index is 2.16. The minimum Gasteiger partial charge on any atom is -0.379 e. The summed E-state index contributed by atoms with van der Waals surface area (Å²) in [4.78, 5) is 11.9. The summed E-state index contributed by atoms with van der Waals surface area (Å²) in [5.41, 5.74) is 1.83. The van der Waals surface area contributed by atoms with Gasteiger partial charge in [0.25, 0.3) is 5.56 Å². The molecule has 1 aromatic heterocycles. The molecule has 0 spiro atoms. The molecule has 0 radical (unpaired) electrons. The number of hydrogen-bond acceptors (Lipinski definition) is 4. The van der Waals surface area contributed by atoms with Crippen LogP contribution in [-0.2, 0) is 24.2 Å². The van der Waals surface area contributed by atoms with Crippen LogP contribution in [0.5, 0.6) is 0 Å². The second-order valence-electron chi connectivity index (χ2n) is 5.32. The Morgan fingerprint density at radius 3 is 3.06 bits per heavy atom. The van der Waals surface area contributed by atoms with Gasteiger partial charge in [-0.1, -0.05) is 0 Å². The van der Waals surface area contributed by atoms with E-state index in [0.717, 1.165) is 37.2 Å². The SMILES string of the molecule is COC(C)(C)CCn1nc2c(cc1=O)CNCC2. The van der Waals surface area contributed by atoms with Gasteiger partial charge in [-0.15, -0.1) is 0 Å². The van der Waals surface area contributed by atoms with Crippen molar-refractivity contribution in [2.75, 3.05) is 13.7 Å². The van der Waals surface area contributed by atoms with Crippen molar-refractivity contribution < 1.29 is 4.74 Å². The first-order valence-electron chi connectivity index (χ1n) is 6.38. The Morgan fingerprint density at radius 2 is 2.33 bits per heavy atom. The molecule has 0 bridgehead atoms.